The van der Waals surface area contributed by atoms with E-state index in [-0.39, 0.29) is 5.82 Å². The second-order valence-corrected chi connectivity index (χ2v) is 5.58. The van der Waals surface area contributed by atoms with E-state index in [1.165, 1.54) is 24.8 Å². The van der Waals surface area contributed by atoms with Gasteiger partial charge in [0.2, 0.25) is 0 Å². The molecule has 0 saturated carbocycles. The van der Waals surface area contributed by atoms with Gasteiger partial charge in [0.15, 0.2) is 0 Å². The molecule has 2 unspecified atom stereocenters. The average Bonchev–Trinajstić information content (AvgIpc) is 2.39. The fourth-order valence-electron chi connectivity index (χ4n) is 2.62. The van der Waals surface area contributed by atoms with E-state index in [9.17, 15) is 4.39 Å². The van der Waals surface area contributed by atoms with Crippen molar-refractivity contribution < 1.29 is 4.39 Å². The molecule has 19 heavy (non-hydrogen) atoms. The molecule has 0 amide bonds. The topological polar surface area (TPSA) is 12.0 Å². The summed E-state index contributed by atoms with van der Waals surface area (Å²) in [7, 11) is 0. The van der Waals surface area contributed by atoms with Gasteiger partial charge in [-0.05, 0) is 48.9 Å². The molecule has 0 aliphatic rings. The van der Waals surface area contributed by atoms with Crippen molar-refractivity contribution in [2.45, 2.75) is 52.4 Å². The summed E-state index contributed by atoms with van der Waals surface area (Å²) >= 11 is 0. The van der Waals surface area contributed by atoms with Crippen molar-refractivity contribution in [1.29, 1.82) is 0 Å². The lowest BCUT2D eigenvalue weighted by atomic mass is 9.87. The van der Waals surface area contributed by atoms with Gasteiger partial charge in [0.1, 0.15) is 5.82 Å². The molecular formula is C17H28FN. The zero-order chi connectivity index (χ0) is 14.1. The highest BCUT2D eigenvalue weighted by molar-refractivity contribution is 5.21. The van der Waals surface area contributed by atoms with Crippen LogP contribution in [0, 0.1) is 11.7 Å². The molecule has 0 radical (unpaired) electrons. The van der Waals surface area contributed by atoms with E-state index >= 15 is 0 Å². The van der Waals surface area contributed by atoms with Gasteiger partial charge in [0, 0.05) is 6.54 Å². The van der Waals surface area contributed by atoms with Crippen LogP contribution in [0.4, 0.5) is 4.39 Å². The van der Waals surface area contributed by atoms with E-state index in [1.807, 2.05) is 12.1 Å². The molecule has 0 spiro atoms. The molecule has 0 heterocycles. The summed E-state index contributed by atoms with van der Waals surface area (Å²) in [5.74, 6) is 1.07. The van der Waals surface area contributed by atoms with Crippen LogP contribution >= 0.6 is 0 Å². The van der Waals surface area contributed by atoms with Crippen molar-refractivity contribution in [2.75, 3.05) is 13.1 Å². The summed E-state index contributed by atoms with van der Waals surface area (Å²) in [6, 6.07) is 7.03. The number of hydrogen-bond acceptors (Lipinski definition) is 1. The van der Waals surface area contributed by atoms with Crippen LogP contribution in [-0.4, -0.2) is 13.1 Å². The van der Waals surface area contributed by atoms with Crippen molar-refractivity contribution >= 4 is 0 Å². The summed E-state index contributed by atoms with van der Waals surface area (Å²) in [4.78, 5) is 0. The Hall–Kier alpha value is -0.890. The van der Waals surface area contributed by atoms with Gasteiger partial charge in [-0.25, -0.2) is 4.39 Å². The van der Waals surface area contributed by atoms with Crippen LogP contribution in [0.5, 0.6) is 0 Å². The quantitative estimate of drug-likeness (QED) is 0.636. The van der Waals surface area contributed by atoms with Gasteiger partial charge in [-0.2, -0.15) is 0 Å². The van der Waals surface area contributed by atoms with Gasteiger partial charge in [-0.15, -0.1) is 0 Å². The first-order valence-corrected chi connectivity index (χ1v) is 7.63. The molecule has 0 aliphatic heterocycles. The number of halogens is 1. The maximum absolute atomic E-state index is 13.0. The highest BCUT2D eigenvalue weighted by Crippen LogP contribution is 2.25. The molecule has 0 saturated heterocycles. The summed E-state index contributed by atoms with van der Waals surface area (Å²) in [5.41, 5.74) is 1.26. The monoisotopic (exact) mass is 265 g/mol. The third-order valence-electron chi connectivity index (χ3n) is 3.63. The smallest absolute Gasteiger partial charge is 0.123 e. The van der Waals surface area contributed by atoms with E-state index in [0.29, 0.717) is 5.92 Å². The first-order chi connectivity index (χ1) is 9.17. The van der Waals surface area contributed by atoms with Gasteiger partial charge in [0.05, 0.1) is 0 Å². The summed E-state index contributed by atoms with van der Waals surface area (Å²) in [5, 5.41) is 3.50. The van der Waals surface area contributed by atoms with Gasteiger partial charge >= 0.3 is 0 Å². The SMILES string of the molecule is CCCNCC(CC(C)CCC)c1ccc(F)cc1. The van der Waals surface area contributed by atoms with E-state index in [0.717, 1.165) is 25.4 Å². The van der Waals surface area contributed by atoms with Crippen molar-refractivity contribution in [3.8, 4) is 0 Å². The third-order valence-corrected chi connectivity index (χ3v) is 3.63. The van der Waals surface area contributed by atoms with Crippen LogP contribution in [0.1, 0.15) is 57.9 Å². The predicted octanol–water partition coefficient (Wildman–Crippen LogP) is 4.74. The van der Waals surface area contributed by atoms with Crippen LogP contribution in [0.2, 0.25) is 0 Å². The predicted molar refractivity (Wildman–Crippen MR) is 81.0 cm³/mol. The third kappa shape index (κ3) is 6.20. The standard InChI is InChI=1S/C17H28FN/c1-4-6-14(3)12-16(13-19-11-5-2)15-7-9-17(18)10-8-15/h7-10,14,16,19H,4-6,11-13H2,1-3H3. The van der Waals surface area contributed by atoms with Crippen LogP contribution in [-0.2, 0) is 0 Å². The van der Waals surface area contributed by atoms with Gasteiger partial charge in [-0.1, -0.05) is 45.7 Å². The highest BCUT2D eigenvalue weighted by Gasteiger charge is 2.15. The molecule has 1 N–H and O–H groups in total. The molecule has 0 fully saturated rings. The molecule has 108 valence electrons. The van der Waals surface area contributed by atoms with E-state index in [2.05, 4.69) is 26.1 Å². The Morgan fingerprint density at radius 3 is 2.37 bits per heavy atom. The highest BCUT2D eigenvalue weighted by atomic mass is 19.1. The van der Waals surface area contributed by atoms with Gasteiger partial charge in [0.25, 0.3) is 0 Å². The van der Waals surface area contributed by atoms with Crippen LogP contribution in [0.25, 0.3) is 0 Å². The normalized spacial score (nSPS) is 14.3. The van der Waals surface area contributed by atoms with Gasteiger partial charge in [-0.3, -0.25) is 0 Å². The second-order valence-electron chi connectivity index (χ2n) is 5.58. The molecule has 0 bridgehead atoms. The average molecular weight is 265 g/mol. The second kappa shape index (κ2) is 9.08. The largest absolute Gasteiger partial charge is 0.316 e. The van der Waals surface area contributed by atoms with Crippen molar-refractivity contribution in [1.82, 2.24) is 5.32 Å². The molecule has 0 aliphatic carbocycles. The van der Waals surface area contributed by atoms with Crippen LogP contribution in [0.3, 0.4) is 0 Å². The maximum Gasteiger partial charge on any atom is 0.123 e. The molecule has 1 aromatic carbocycles. The van der Waals surface area contributed by atoms with E-state index in [1.54, 1.807) is 12.1 Å². The molecule has 1 nitrogen and oxygen atoms in total. The zero-order valence-electron chi connectivity index (χ0n) is 12.6. The van der Waals surface area contributed by atoms with Crippen LogP contribution < -0.4 is 5.32 Å². The Morgan fingerprint density at radius 1 is 1.11 bits per heavy atom. The first-order valence-electron chi connectivity index (χ1n) is 7.63. The molecular weight excluding hydrogens is 237 g/mol. The Kier molecular flexibility index (Phi) is 7.73. The number of nitrogens with one attached hydrogen (secondary N) is 1. The Morgan fingerprint density at radius 2 is 1.79 bits per heavy atom. The van der Waals surface area contributed by atoms with E-state index in [4.69, 9.17) is 0 Å². The first kappa shape index (κ1) is 16.2. The van der Waals surface area contributed by atoms with Crippen molar-refractivity contribution in [3.63, 3.8) is 0 Å². The Bertz CT molecular complexity index is 334. The molecule has 2 heteroatoms. The lowest BCUT2D eigenvalue weighted by Crippen LogP contribution is -2.23. The lowest BCUT2D eigenvalue weighted by molar-refractivity contribution is 0.420. The lowest BCUT2D eigenvalue weighted by Gasteiger charge is -2.22. The molecule has 2 atom stereocenters. The summed E-state index contributed by atoms with van der Waals surface area (Å²) in [6.45, 7) is 8.78. The molecule has 0 aromatic heterocycles. The molecule has 1 aromatic rings. The fraction of sp³-hybridized carbons (Fsp3) is 0.647. The zero-order valence-corrected chi connectivity index (χ0v) is 12.6. The number of benzene rings is 1. The summed E-state index contributed by atoms with van der Waals surface area (Å²) in [6.07, 6.45) is 4.84. The minimum Gasteiger partial charge on any atom is -0.316 e. The maximum atomic E-state index is 13.0. The van der Waals surface area contributed by atoms with Crippen molar-refractivity contribution in [2.24, 2.45) is 5.92 Å². The minimum atomic E-state index is -0.148. The summed E-state index contributed by atoms with van der Waals surface area (Å²) < 4.78 is 13.0. The molecule has 1 rings (SSSR count). The van der Waals surface area contributed by atoms with Crippen LogP contribution in [0.15, 0.2) is 24.3 Å². The Balaban J connectivity index is 2.64. The number of rotatable bonds is 9. The fourth-order valence-corrected chi connectivity index (χ4v) is 2.62. The Labute approximate surface area is 117 Å². The van der Waals surface area contributed by atoms with Crippen molar-refractivity contribution in [3.05, 3.63) is 35.6 Å². The van der Waals surface area contributed by atoms with Gasteiger partial charge < -0.3 is 5.32 Å². The van der Waals surface area contributed by atoms with E-state index < -0.39 is 0 Å². The minimum absolute atomic E-state index is 0.148. The number of hydrogen-bond donors (Lipinski definition) is 1.